The van der Waals surface area contributed by atoms with E-state index in [1.165, 1.54) is 4.57 Å². The zero-order chi connectivity index (χ0) is 15.1. The summed E-state index contributed by atoms with van der Waals surface area (Å²) in [6.45, 7) is 3.74. The van der Waals surface area contributed by atoms with E-state index in [1.807, 2.05) is 38.1 Å². The molecule has 0 radical (unpaired) electrons. The fourth-order valence-electron chi connectivity index (χ4n) is 2.26. The Labute approximate surface area is 134 Å². The van der Waals surface area contributed by atoms with Gasteiger partial charge in [0.25, 0.3) is 0 Å². The van der Waals surface area contributed by atoms with Crippen molar-refractivity contribution in [2.75, 3.05) is 0 Å². The van der Waals surface area contributed by atoms with Gasteiger partial charge < -0.3 is 5.11 Å². The number of hydrogen-bond acceptors (Lipinski definition) is 4. The zero-order valence-corrected chi connectivity index (χ0v) is 13.9. The Morgan fingerprint density at radius 3 is 2.86 bits per heavy atom. The van der Waals surface area contributed by atoms with Crippen LogP contribution in [-0.2, 0) is 0 Å². The van der Waals surface area contributed by atoms with Crippen molar-refractivity contribution in [2.45, 2.75) is 19.9 Å². The summed E-state index contributed by atoms with van der Waals surface area (Å²) in [6, 6.07) is 5.77. The van der Waals surface area contributed by atoms with Gasteiger partial charge in [0.1, 0.15) is 0 Å². The molecule has 0 unspecified atom stereocenters. The Balaban J connectivity index is 2.10. The molecule has 0 aliphatic carbocycles. The predicted octanol–water partition coefficient (Wildman–Crippen LogP) is 4.22. The van der Waals surface area contributed by atoms with E-state index in [4.69, 9.17) is 0 Å². The number of hydrogen-bond donors (Lipinski definition) is 1. The number of aromatic nitrogens is 1. The van der Waals surface area contributed by atoms with Crippen LogP contribution in [0.25, 0.3) is 11.6 Å². The molecule has 21 heavy (non-hydrogen) atoms. The molecule has 0 amide bonds. The van der Waals surface area contributed by atoms with Crippen LogP contribution in [0.1, 0.15) is 30.3 Å². The molecule has 1 aromatic carbocycles. The number of rotatable bonds is 2. The van der Waals surface area contributed by atoms with E-state index >= 15 is 0 Å². The molecule has 0 spiro atoms. The van der Waals surface area contributed by atoms with Crippen molar-refractivity contribution in [3.8, 4) is 5.88 Å². The number of aliphatic imine (C=N–C) groups is 1. The highest BCUT2D eigenvalue weighted by Gasteiger charge is 2.18. The minimum atomic E-state index is -0.154. The normalized spacial score (nSPS) is 15.1. The van der Waals surface area contributed by atoms with Crippen LogP contribution >= 0.6 is 27.3 Å². The summed E-state index contributed by atoms with van der Waals surface area (Å²) in [5, 5.41) is 10.2. The number of fused-ring (bicyclic) bond motifs is 1. The topological polar surface area (TPSA) is 54.6 Å². The van der Waals surface area contributed by atoms with Crippen molar-refractivity contribution in [3.05, 3.63) is 42.8 Å². The fraction of sp³-hybridized carbons (Fsp3) is 0.200. The smallest absolute Gasteiger partial charge is 0.310 e. The van der Waals surface area contributed by atoms with Crippen molar-refractivity contribution < 1.29 is 5.11 Å². The maximum Gasteiger partial charge on any atom is 0.310 e. The summed E-state index contributed by atoms with van der Waals surface area (Å²) in [7, 11) is 0. The van der Waals surface area contributed by atoms with Gasteiger partial charge in [-0.15, -0.1) is 0 Å². The molecule has 0 saturated heterocycles. The highest BCUT2D eigenvalue weighted by Crippen LogP contribution is 2.36. The lowest BCUT2D eigenvalue weighted by Gasteiger charge is -2.06. The lowest BCUT2D eigenvalue weighted by molar-refractivity contribution is 0.395. The second kappa shape index (κ2) is 5.27. The molecule has 1 N–H and O–H groups in total. The van der Waals surface area contributed by atoms with E-state index in [0.29, 0.717) is 4.88 Å². The van der Waals surface area contributed by atoms with Crippen LogP contribution in [0, 0.1) is 0 Å². The van der Waals surface area contributed by atoms with E-state index in [0.717, 1.165) is 32.6 Å². The van der Waals surface area contributed by atoms with Gasteiger partial charge in [0.15, 0.2) is 0 Å². The summed E-state index contributed by atoms with van der Waals surface area (Å²) in [5.74, 6) is 0.0179. The molecule has 3 rings (SSSR count). The lowest BCUT2D eigenvalue weighted by atomic mass is 10.1. The van der Waals surface area contributed by atoms with Crippen LogP contribution in [0.4, 0.5) is 5.69 Å². The minimum Gasteiger partial charge on any atom is -0.493 e. The van der Waals surface area contributed by atoms with E-state index < -0.39 is 0 Å². The average Bonchev–Trinajstić information content (AvgIpc) is 2.92. The van der Waals surface area contributed by atoms with Crippen molar-refractivity contribution in [1.82, 2.24) is 4.57 Å². The third kappa shape index (κ3) is 2.49. The van der Waals surface area contributed by atoms with E-state index in [9.17, 15) is 9.90 Å². The third-order valence-corrected chi connectivity index (χ3v) is 4.64. The lowest BCUT2D eigenvalue weighted by Crippen LogP contribution is -2.14. The molecule has 0 fully saturated rings. The molecule has 1 aromatic heterocycles. The van der Waals surface area contributed by atoms with E-state index in [2.05, 4.69) is 20.9 Å². The molecule has 1 aliphatic heterocycles. The summed E-state index contributed by atoms with van der Waals surface area (Å²) >= 11 is 4.49. The monoisotopic (exact) mass is 364 g/mol. The number of halogens is 1. The van der Waals surface area contributed by atoms with Gasteiger partial charge in [-0.3, -0.25) is 14.4 Å². The average molecular weight is 365 g/mol. The maximum absolute atomic E-state index is 11.9. The first kappa shape index (κ1) is 14.3. The number of nitrogens with zero attached hydrogens (tertiary/aromatic N) is 2. The molecule has 0 saturated carbocycles. The second-order valence-corrected chi connectivity index (χ2v) is 6.95. The molecule has 2 heterocycles. The van der Waals surface area contributed by atoms with Crippen LogP contribution < -0.4 is 4.87 Å². The minimum absolute atomic E-state index is 0.0179. The third-order valence-electron chi connectivity index (χ3n) is 3.26. The van der Waals surface area contributed by atoms with Gasteiger partial charge in [-0.2, -0.15) is 0 Å². The first-order chi connectivity index (χ1) is 9.97. The van der Waals surface area contributed by atoms with Crippen LogP contribution in [0.15, 0.2) is 32.5 Å². The molecule has 2 aromatic rings. The second-order valence-electron chi connectivity index (χ2n) is 5.04. The largest absolute Gasteiger partial charge is 0.493 e. The predicted molar refractivity (Wildman–Crippen MR) is 90.8 cm³/mol. The van der Waals surface area contributed by atoms with Crippen LogP contribution in [-0.4, -0.2) is 15.9 Å². The van der Waals surface area contributed by atoms with Crippen LogP contribution in [0.3, 0.4) is 0 Å². The number of aromatic hydroxyl groups is 1. The number of benzene rings is 1. The molecule has 1 aliphatic rings. The highest BCUT2D eigenvalue weighted by atomic mass is 79.9. The summed E-state index contributed by atoms with van der Waals surface area (Å²) in [6.07, 6.45) is 3.56. The van der Waals surface area contributed by atoms with Crippen LogP contribution in [0.5, 0.6) is 5.88 Å². The Morgan fingerprint density at radius 2 is 2.19 bits per heavy atom. The first-order valence-electron chi connectivity index (χ1n) is 6.47. The summed E-state index contributed by atoms with van der Waals surface area (Å²) in [5.41, 5.74) is 2.76. The Kier molecular flexibility index (Phi) is 3.59. The molecule has 0 bridgehead atoms. The summed E-state index contributed by atoms with van der Waals surface area (Å²) in [4.78, 5) is 16.7. The van der Waals surface area contributed by atoms with E-state index in [-0.39, 0.29) is 16.8 Å². The zero-order valence-electron chi connectivity index (χ0n) is 11.5. The molecule has 4 nitrogen and oxygen atoms in total. The Bertz CT molecular complexity index is 831. The fourth-order valence-corrected chi connectivity index (χ4v) is 3.58. The van der Waals surface area contributed by atoms with Gasteiger partial charge >= 0.3 is 4.87 Å². The Morgan fingerprint density at radius 1 is 1.43 bits per heavy atom. The summed E-state index contributed by atoms with van der Waals surface area (Å²) < 4.78 is 2.36. The van der Waals surface area contributed by atoms with Crippen LogP contribution in [0.2, 0.25) is 0 Å². The highest BCUT2D eigenvalue weighted by molar-refractivity contribution is 9.10. The Hall–Kier alpha value is -1.66. The van der Waals surface area contributed by atoms with Gasteiger partial charge in [-0.1, -0.05) is 27.3 Å². The SMILES string of the molecule is CC(C)n1c(O)c(C=C2C=Nc3ccc(Br)cc32)sc1=O. The van der Waals surface area contributed by atoms with Gasteiger partial charge in [-0.25, -0.2) is 0 Å². The quantitative estimate of drug-likeness (QED) is 0.867. The van der Waals surface area contributed by atoms with Crippen molar-refractivity contribution in [2.24, 2.45) is 4.99 Å². The number of allylic oxidation sites excluding steroid dienone is 1. The van der Waals surface area contributed by atoms with Crippen molar-refractivity contribution in [3.63, 3.8) is 0 Å². The van der Waals surface area contributed by atoms with Gasteiger partial charge in [-0.05, 0) is 38.1 Å². The molecule has 108 valence electrons. The molecule has 0 atom stereocenters. The van der Waals surface area contributed by atoms with Gasteiger partial charge in [0, 0.05) is 27.9 Å². The standard InChI is InChI=1S/C15H13BrN2O2S/c1-8(2)18-14(19)13(21-15(18)20)5-9-7-17-12-4-3-10(16)6-11(9)12/h3-8,19H,1-2H3. The van der Waals surface area contributed by atoms with E-state index in [1.54, 1.807) is 6.21 Å². The van der Waals surface area contributed by atoms with Crippen molar-refractivity contribution >= 4 is 50.8 Å². The van der Waals surface area contributed by atoms with Crippen molar-refractivity contribution in [1.29, 1.82) is 0 Å². The first-order valence-corrected chi connectivity index (χ1v) is 8.08. The van der Waals surface area contributed by atoms with Gasteiger partial charge in [0.05, 0.1) is 10.6 Å². The maximum atomic E-state index is 11.9. The number of thiazole rings is 1. The molecular formula is C15H13BrN2O2S. The molecular weight excluding hydrogens is 352 g/mol. The molecule has 6 heteroatoms. The van der Waals surface area contributed by atoms with Gasteiger partial charge in [0.2, 0.25) is 5.88 Å².